The Kier molecular flexibility index (Phi) is 6.30. The zero-order valence-electron chi connectivity index (χ0n) is 23.0. The average molecular weight is 528 g/mol. The van der Waals surface area contributed by atoms with Crippen LogP contribution in [-0.4, -0.2) is 8.80 Å². The lowest BCUT2D eigenvalue weighted by atomic mass is 9.84. The first-order valence-corrected chi connectivity index (χ1v) is 16.8. The molecule has 0 aliphatic carbocycles. The zero-order chi connectivity index (χ0) is 27.1. The summed E-state index contributed by atoms with van der Waals surface area (Å²) in [6, 6.07) is 52.7. The monoisotopic (exact) mass is 527 g/mol. The molecule has 7 aromatic carbocycles. The van der Waals surface area contributed by atoms with Gasteiger partial charge in [0, 0.05) is 8.80 Å². The van der Waals surface area contributed by atoms with Crippen LogP contribution in [0.2, 0.25) is 13.1 Å². The molecule has 0 aliphatic rings. The molecule has 7 rings (SSSR count). The average Bonchev–Trinajstić information content (AvgIpc) is 3.00. The summed E-state index contributed by atoms with van der Waals surface area (Å²) in [6.45, 7) is 4.81. The lowest BCUT2D eigenvalue weighted by Gasteiger charge is -2.20. The SMILES string of the molecule is C[Si](C)Cc1ccc2c(-c3ccc(-c4ccccc4)cc3)c3ccccc3c(-c3cccc4ccccc34)c2c1. The van der Waals surface area contributed by atoms with E-state index in [1.54, 1.807) is 0 Å². The minimum atomic E-state index is -0.400. The van der Waals surface area contributed by atoms with Crippen LogP contribution in [0.3, 0.4) is 0 Å². The van der Waals surface area contributed by atoms with Crippen LogP contribution in [-0.2, 0) is 6.04 Å². The molecule has 0 aliphatic heterocycles. The molecule has 0 nitrogen and oxygen atoms in total. The smallest absolute Gasteiger partial charge is 0.0460 e. The van der Waals surface area contributed by atoms with Gasteiger partial charge < -0.3 is 0 Å². The van der Waals surface area contributed by atoms with Crippen molar-refractivity contribution in [3.05, 3.63) is 145 Å². The molecule has 0 aromatic heterocycles. The highest BCUT2D eigenvalue weighted by molar-refractivity contribution is 6.55. The molecule has 0 N–H and O–H groups in total. The molecule has 0 heterocycles. The van der Waals surface area contributed by atoms with Gasteiger partial charge in [0.05, 0.1) is 0 Å². The Balaban J connectivity index is 1.56. The van der Waals surface area contributed by atoms with E-state index in [1.807, 2.05) is 0 Å². The van der Waals surface area contributed by atoms with Crippen LogP contribution >= 0.6 is 0 Å². The molecule has 0 spiro atoms. The number of hydrogen-bond acceptors (Lipinski definition) is 0. The van der Waals surface area contributed by atoms with E-state index in [4.69, 9.17) is 0 Å². The maximum Gasteiger partial charge on any atom is 0.0460 e. The van der Waals surface area contributed by atoms with E-state index >= 15 is 0 Å². The van der Waals surface area contributed by atoms with Crippen LogP contribution in [0.15, 0.2) is 140 Å². The fourth-order valence-electron chi connectivity index (χ4n) is 6.25. The quantitative estimate of drug-likeness (QED) is 0.154. The number of hydrogen-bond donors (Lipinski definition) is 0. The molecule has 0 fully saturated rings. The van der Waals surface area contributed by atoms with Crippen LogP contribution in [0.5, 0.6) is 0 Å². The van der Waals surface area contributed by atoms with Gasteiger partial charge in [0.15, 0.2) is 0 Å². The summed E-state index contributed by atoms with van der Waals surface area (Å²) in [5, 5.41) is 7.86. The van der Waals surface area contributed by atoms with Crippen molar-refractivity contribution >= 4 is 41.1 Å². The normalized spacial score (nSPS) is 11.6. The lowest BCUT2D eigenvalue weighted by molar-refractivity contribution is 1.37. The highest BCUT2D eigenvalue weighted by atomic mass is 28.3. The first-order chi connectivity index (χ1) is 19.7. The van der Waals surface area contributed by atoms with Crippen molar-refractivity contribution in [3.63, 3.8) is 0 Å². The van der Waals surface area contributed by atoms with E-state index in [1.165, 1.54) is 77.3 Å². The van der Waals surface area contributed by atoms with Gasteiger partial charge in [0.1, 0.15) is 0 Å². The summed E-state index contributed by atoms with van der Waals surface area (Å²) < 4.78 is 0. The zero-order valence-corrected chi connectivity index (χ0v) is 24.0. The van der Waals surface area contributed by atoms with E-state index in [2.05, 4.69) is 153 Å². The molecule has 40 heavy (non-hydrogen) atoms. The standard InChI is InChI=1S/C39H31Si/c1-40(2)26-27-19-24-36-37(25-27)39(33-18-10-14-30-13-6-7-15-32(30)33)35-17-9-8-16-34(35)38(36)31-22-20-29(21-23-31)28-11-4-3-5-12-28/h3-25H,26H2,1-2H3. The van der Waals surface area contributed by atoms with Crippen LogP contribution in [0.1, 0.15) is 5.56 Å². The maximum absolute atomic E-state index is 2.48. The molecule has 7 aromatic rings. The summed E-state index contributed by atoms with van der Waals surface area (Å²) >= 11 is 0. The molecule has 1 heteroatoms. The van der Waals surface area contributed by atoms with E-state index < -0.39 is 8.80 Å². The number of rotatable bonds is 5. The summed E-state index contributed by atoms with van der Waals surface area (Å²) in [5.74, 6) is 0. The predicted molar refractivity (Wildman–Crippen MR) is 176 cm³/mol. The van der Waals surface area contributed by atoms with Gasteiger partial charge in [0.25, 0.3) is 0 Å². The summed E-state index contributed by atoms with van der Waals surface area (Å²) in [5.41, 5.74) is 9.15. The Bertz CT molecular complexity index is 1980. The third-order valence-electron chi connectivity index (χ3n) is 7.99. The fraction of sp³-hybridized carbons (Fsp3) is 0.0769. The van der Waals surface area contributed by atoms with Crippen molar-refractivity contribution in [2.24, 2.45) is 0 Å². The second-order valence-corrected chi connectivity index (χ2v) is 13.8. The third kappa shape index (κ3) is 4.33. The van der Waals surface area contributed by atoms with Crippen LogP contribution < -0.4 is 0 Å². The predicted octanol–water partition coefficient (Wildman–Crippen LogP) is 11.0. The van der Waals surface area contributed by atoms with Gasteiger partial charge in [-0.3, -0.25) is 0 Å². The van der Waals surface area contributed by atoms with Gasteiger partial charge in [-0.05, 0) is 71.7 Å². The Hall–Kier alpha value is -4.46. The van der Waals surface area contributed by atoms with E-state index in [9.17, 15) is 0 Å². The Morgan fingerprint density at radius 2 is 1.00 bits per heavy atom. The molecular formula is C39H31Si. The van der Waals surface area contributed by atoms with Crippen LogP contribution in [0.4, 0.5) is 0 Å². The van der Waals surface area contributed by atoms with Crippen LogP contribution in [0.25, 0.3) is 65.7 Å². The minimum Gasteiger partial charge on any atom is -0.0710 e. The topological polar surface area (TPSA) is 0 Å². The van der Waals surface area contributed by atoms with Crippen molar-refractivity contribution in [2.45, 2.75) is 19.1 Å². The Labute approximate surface area is 238 Å². The first-order valence-electron chi connectivity index (χ1n) is 14.1. The second-order valence-electron chi connectivity index (χ2n) is 11.0. The number of fused-ring (bicyclic) bond motifs is 3. The van der Waals surface area contributed by atoms with Crippen molar-refractivity contribution in [1.82, 2.24) is 0 Å². The van der Waals surface area contributed by atoms with Gasteiger partial charge in [-0.2, -0.15) is 0 Å². The van der Waals surface area contributed by atoms with Crippen LogP contribution in [0, 0.1) is 0 Å². The van der Waals surface area contributed by atoms with Crippen molar-refractivity contribution in [2.75, 3.05) is 0 Å². The fourth-order valence-corrected chi connectivity index (χ4v) is 7.28. The Morgan fingerprint density at radius 1 is 0.425 bits per heavy atom. The van der Waals surface area contributed by atoms with Crippen molar-refractivity contribution in [3.8, 4) is 33.4 Å². The molecule has 0 atom stereocenters. The van der Waals surface area contributed by atoms with Gasteiger partial charge in [-0.15, -0.1) is 0 Å². The lowest BCUT2D eigenvalue weighted by Crippen LogP contribution is -2.05. The molecule has 0 saturated heterocycles. The second kappa shape index (κ2) is 10.3. The van der Waals surface area contributed by atoms with E-state index in [0.29, 0.717) is 0 Å². The summed E-state index contributed by atoms with van der Waals surface area (Å²) in [4.78, 5) is 0. The van der Waals surface area contributed by atoms with E-state index in [0.717, 1.165) is 0 Å². The molecular weight excluding hydrogens is 497 g/mol. The Morgan fingerprint density at radius 3 is 1.75 bits per heavy atom. The highest BCUT2D eigenvalue weighted by Gasteiger charge is 2.18. The summed E-state index contributed by atoms with van der Waals surface area (Å²) in [6.07, 6.45) is 0. The largest absolute Gasteiger partial charge is 0.0710 e. The molecule has 0 unspecified atom stereocenters. The first kappa shape index (κ1) is 24.6. The summed E-state index contributed by atoms with van der Waals surface area (Å²) in [7, 11) is -0.400. The van der Waals surface area contributed by atoms with Gasteiger partial charge >= 0.3 is 0 Å². The molecule has 1 radical (unpaired) electrons. The number of benzene rings is 7. The molecule has 191 valence electrons. The molecule has 0 bridgehead atoms. The third-order valence-corrected chi connectivity index (χ3v) is 9.10. The van der Waals surface area contributed by atoms with E-state index in [-0.39, 0.29) is 0 Å². The molecule has 0 amide bonds. The maximum atomic E-state index is 2.48. The van der Waals surface area contributed by atoms with Crippen molar-refractivity contribution in [1.29, 1.82) is 0 Å². The van der Waals surface area contributed by atoms with Gasteiger partial charge in [0.2, 0.25) is 0 Å². The van der Waals surface area contributed by atoms with Crippen molar-refractivity contribution < 1.29 is 0 Å². The molecule has 0 saturated carbocycles. The van der Waals surface area contributed by atoms with Gasteiger partial charge in [-0.1, -0.05) is 158 Å². The minimum absolute atomic E-state index is 0.400. The highest BCUT2D eigenvalue weighted by Crippen LogP contribution is 2.45. The van der Waals surface area contributed by atoms with Gasteiger partial charge in [-0.25, -0.2) is 0 Å².